The summed E-state index contributed by atoms with van der Waals surface area (Å²) in [5.74, 6) is 0.941. The second kappa shape index (κ2) is 6.25. The first kappa shape index (κ1) is 11.8. The van der Waals surface area contributed by atoms with E-state index < -0.39 is 0 Å². The number of rotatable bonds is 6. The first-order chi connectivity index (χ1) is 7.29. The van der Waals surface area contributed by atoms with Crippen molar-refractivity contribution >= 4 is 0 Å². The Balaban J connectivity index is 2.63. The lowest BCUT2D eigenvalue weighted by Gasteiger charge is -2.16. The highest BCUT2D eigenvalue weighted by Crippen LogP contribution is 2.23. The normalized spacial score (nSPS) is 12.1. The highest BCUT2D eigenvalue weighted by Gasteiger charge is 2.08. The zero-order chi connectivity index (χ0) is 11.1. The predicted molar refractivity (Wildman–Crippen MR) is 64.2 cm³/mol. The molecule has 0 aliphatic heterocycles. The van der Waals surface area contributed by atoms with Crippen molar-refractivity contribution in [3.05, 3.63) is 42.5 Å². The number of nitrogens with one attached hydrogen (secondary N) is 1. The molecule has 1 aromatic rings. The summed E-state index contributed by atoms with van der Waals surface area (Å²) >= 11 is 0. The molecule has 0 radical (unpaired) electrons. The van der Waals surface area contributed by atoms with Crippen molar-refractivity contribution in [3.8, 4) is 5.75 Å². The number of para-hydroxylation sites is 1. The van der Waals surface area contributed by atoms with Crippen LogP contribution in [0.1, 0.15) is 24.9 Å². The fourth-order valence-corrected chi connectivity index (χ4v) is 1.54. The monoisotopic (exact) mass is 205 g/mol. The van der Waals surface area contributed by atoms with Crippen molar-refractivity contribution in [1.29, 1.82) is 0 Å². The Morgan fingerprint density at radius 3 is 2.87 bits per heavy atom. The molecule has 0 aromatic heterocycles. The van der Waals surface area contributed by atoms with Crippen molar-refractivity contribution in [3.63, 3.8) is 0 Å². The van der Waals surface area contributed by atoms with Crippen molar-refractivity contribution < 1.29 is 4.74 Å². The molecule has 0 saturated carbocycles. The summed E-state index contributed by atoms with van der Waals surface area (Å²) in [5, 5.41) is 3.42. The summed E-state index contributed by atoms with van der Waals surface area (Å²) in [5.41, 5.74) is 1.20. The Bertz CT molecular complexity index is 309. The summed E-state index contributed by atoms with van der Waals surface area (Å²) in [6.07, 6.45) is 2.90. The average molecular weight is 205 g/mol. The van der Waals surface area contributed by atoms with Crippen LogP contribution in [0.15, 0.2) is 36.9 Å². The molecule has 1 N–H and O–H groups in total. The lowest BCUT2D eigenvalue weighted by molar-refractivity contribution is 0.402. The van der Waals surface area contributed by atoms with E-state index in [-0.39, 0.29) is 0 Å². The van der Waals surface area contributed by atoms with Crippen molar-refractivity contribution in [2.75, 3.05) is 13.7 Å². The molecule has 0 fully saturated rings. The number of benzene rings is 1. The van der Waals surface area contributed by atoms with E-state index in [1.165, 1.54) is 5.56 Å². The maximum atomic E-state index is 5.31. The van der Waals surface area contributed by atoms with Crippen molar-refractivity contribution in [1.82, 2.24) is 5.32 Å². The molecule has 0 unspecified atom stereocenters. The third-order valence-electron chi connectivity index (χ3n) is 2.40. The van der Waals surface area contributed by atoms with E-state index in [0.717, 1.165) is 18.7 Å². The standard InChI is InChI=1S/C13H19NO/c1-4-5-10-14-11(2)12-8-6-7-9-13(12)15-3/h4,6-9,11,14H,1,5,10H2,2-3H3/t11-/m0/s1. The summed E-state index contributed by atoms with van der Waals surface area (Å²) in [6, 6.07) is 8.40. The first-order valence-electron chi connectivity index (χ1n) is 5.26. The molecule has 0 aliphatic carbocycles. The molecular weight excluding hydrogens is 186 g/mol. The largest absolute Gasteiger partial charge is 0.496 e. The van der Waals surface area contributed by atoms with Gasteiger partial charge < -0.3 is 10.1 Å². The zero-order valence-electron chi connectivity index (χ0n) is 9.49. The lowest BCUT2D eigenvalue weighted by Crippen LogP contribution is -2.19. The molecule has 0 aliphatic rings. The van der Waals surface area contributed by atoms with Gasteiger partial charge in [-0.25, -0.2) is 0 Å². The van der Waals surface area contributed by atoms with Crippen LogP contribution in [0.5, 0.6) is 5.75 Å². The van der Waals surface area contributed by atoms with Gasteiger partial charge in [0, 0.05) is 11.6 Å². The van der Waals surface area contributed by atoms with Crippen molar-refractivity contribution in [2.24, 2.45) is 0 Å². The topological polar surface area (TPSA) is 21.3 Å². The van der Waals surface area contributed by atoms with E-state index >= 15 is 0 Å². The molecule has 1 atom stereocenters. The Kier molecular flexibility index (Phi) is 4.91. The lowest BCUT2D eigenvalue weighted by atomic mass is 10.1. The second-order valence-corrected chi connectivity index (χ2v) is 3.50. The van der Waals surface area contributed by atoms with E-state index in [1.807, 2.05) is 24.3 Å². The van der Waals surface area contributed by atoms with E-state index in [9.17, 15) is 0 Å². The fraction of sp³-hybridized carbons (Fsp3) is 0.385. The maximum Gasteiger partial charge on any atom is 0.123 e. The molecule has 0 heterocycles. The molecule has 0 saturated heterocycles. The molecule has 15 heavy (non-hydrogen) atoms. The number of methoxy groups -OCH3 is 1. The highest BCUT2D eigenvalue weighted by atomic mass is 16.5. The smallest absolute Gasteiger partial charge is 0.123 e. The van der Waals surface area contributed by atoms with Gasteiger partial charge in [0.05, 0.1) is 7.11 Å². The van der Waals surface area contributed by atoms with Gasteiger partial charge in [-0.1, -0.05) is 24.3 Å². The van der Waals surface area contributed by atoms with Gasteiger partial charge in [0.15, 0.2) is 0 Å². The van der Waals surface area contributed by atoms with Gasteiger partial charge in [-0.3, -0.25) is 0 Å². The van der Waals surface area contributed by atoms with Crippen LogP contribution >= 0.6 is 0 Å². The minimum atomic E-state index is 0.307. The summed E-state index contributed by atoms with van der Waals surface area (Å²) in [7, 11) is 1.70. The van der Waals surface area contributed by atoms with Crippen LogP contribution in [0.3, 0.4) is 0 Å². The molecule has 1 aromatic carbocycles. The van der Waals surface area contributed by atoms with E-state index in [1.54, 1.807) is 7.11 Å². The maximum absolute atomic E-state index is 5.31. The predicted octanol–water partition coefficient (Wildman–Crippen LogP) is 2.92. The van der Waals surface area contributed by atoms with Gasteiger partial charge in [-0.15, -0.1) is 6.58 Å². The van der Waals surface area contributed by atoms with Crippen LogP contribution in [0.2, 0.25) is 0 Å². The van der Waals surface area contributed by atoms with Crippen LogP contribution in [0, 0.1) is 0 Å². The zero-order valence-corrected chi connectivity index (χ0v) is 9.49. The molecule has 2 heteroatoms. The van der Waals surface area contributed by atoms with Crippen LogP contribution in [0.25, 0.3) is 0 Å². The minimum absolute atomic E-state index is 0.307. The van der Waals surface area contributed by atoms with Gasteiger partial charge in [0.2, 0.25) is 0 Å². The Morgan fingerprint density at radius 2 is 2.20 bits per heavy atom. The van der Waals surface area contributed by atoms with Crippen LogP contribution < -0.4 is 10.1 Å². The highest BCUT2D eigenvalue weighted by molar-refractivity contribution is 5.35. The molecular formula is C13H19NO. The molecule has 2 nitrogen and oxygen atoms in total. The van der Waals surface area contributed by atoms with Crippen LogP contribution in [0.4, 0.5) is 0 Å². The molecule has 82 valence electrons. The van der Waals surface area contributed by atoms with E-state index in [0.29, 0.717) is 6.04 Å². The summed E-state index contributed by atoms with van der Waals surface area (Å²) in [6.45, 7) is 6.79. The SMILES string of the molecule is C=CCCN[C@@H](C)c1ccccc1OC. The second-order valence-electron chi connectivity index (χ2n) is 3.50. The number of ether oxygens (including phenoxy) is 1. The average Bonchev–Trinajstić information content (AvgIpc) is 2.29. The summed E-state index contributed by atoms with van der Waals surface area (Å²) in [4.78, 5) is 0. The first-order valence-corrected chi connectivity index (χ1v) is 5.26. The molecule has 0 amide bonds. The Hall–Kier alpha value is -1.28. The number of hydrogen-bond acceptors (Lipinski definition) is 2. The van der Waals surface area contributed by atoms with E-state index in [4.69, 9.17) is 4.74 Å². The molecule has 0 spiro atoms. The minimum Gasteiger partial charge on any atom is -0.496 e. The number of hydrogen-bond donors (Lipinski definition) is 1. The van der Waals surface area contributed by atoms with Crippen LogP contribution in [-0.2, 0) is 0 Å². The third-order valence-corrected chi connectivity index (χ3v) is 2.40. The van der Waals surface area contributed by atoms with Crippen LogP contribution in [-0.4, -0.2) is 13.7 Å². The fourth-order valence-electron chi connectivity index (χ4n) is 1.54. The van der Waals surface area contributed by atoms with Crippen molar-refractivity contribution in [2.45, 2.75) is 19.4 Å². The Labute approximate surface area is 92.0 Å². The molecule has 0 bridgehead atoms. The van der Waals surface area contributed by atoms with Gasteiger partial charge >= 0.3 is 0 Å². The Morgan fingerprint density at radius 1 is 1.47 bits per heavy atom. The van der Waals surface area contributed by atoms with Gasteiger partial charge in [-0.2, -0.15) is 0 Å². The quantitative estimate of drug-likeness (QED) is 0.569. The summed E-state index contributed by atoms with van der Waals surface area (Å²) < 4.78 is 5.31. The van der Waals surface area contributed by atoms with Gasteiger partial charge in [0.25, 0.3) is 0 Å². The van der Waals surface area contributed by atoms with Gasteiger partial charge in [0.1, 0.15) is 5.75 Å². The third kappa shape index (κ3) is 3.40. The molecule has 1 rings (SSSR count). The van der Waals surface area contributed by atoms with Gasteiger partial charge in [-0.05, 0) is 26.0 Å². The van der Waals surface area contributed by atoms with E-state index in [2.05, 4.69) is 24.9 Å².